The molecule has 2 heteroatoms. The quantitative estimate of drug-likeness (QED) is 0.765. The number of carbonyl (C=O) groups is 1. The predicted octanol–water partition coefficient (Wildman–Crippen LogP) is 3.52. The lowest BCUT2D eigenvalue weighted by atomic mass is 10.0. The van der Waals surface area contributed by atoms with Crippen molar-refractivity contribution >= 4 is 22.4 Å². The van der Waals surface area contributed by atoms with Crippen molar-refractivity contribution in [1.82, 2.24) is 0 Å². The van der Waals surface area contributed by atoms with Gasteiger partial charge >= 0.3 is 0 Å². The fraction of sp³-hybridized carbons (Fsp3) is 0.267. The lowest BCUT2D eigenvalue weighted by Gasteiger charge is -2.16. The van der Waals surface area contributed by atoms with Crippen molar-refractivity contribution in [2.45, 2.75) is 20.3 Å². The van der Waals surface area contributed by atoms with Gasteiger partial charge in [0.25, 0.3) is 5.91 Å². The molecule has 0 fully saturated rings. The number of carbonyl (C=O) groups excluding carboxylic acids is 1. The summed E-state index contributed by atoms with van der Waals surface area (Å²) in [5.41, 5.74) is 3.17. The summed E-state index contributed by atoms with van der Waals surface area (Å²) in [4.78, 5) is 14.2. The molecule has 0 spiro atoms. The van der Waals surface area contributed by atoms with E-state index in [1.807, 2.05) is 17.0 Å². The monoisotopic (exact) mass is 225 g/mol. The summed E-state index contributed by atoms with van der Waals surface area (Å²) < 4.78 is 0. The van der Waals surface area contributed by atoms with Crippen molar-refractivity contribution in [3.8, 4) is 0 Å². The fourth-order valence-electron chi connectivity index (χ4n) is 2.64. The Balaban J connectivity index is 2.34. The normalized spacial score (nSPS) is 13.8. The van der Waals surface area contributed by atoms with Crippen molar-refractivity contribution in [1.29, 1.82) is 0 Å². The molecule has 0 atom stereocenters. The SMILES string of the molecule is CCCN1C(=O)c2cccc3c(C)ccc1c23. The molecule has 2 aromatic carbocycles. The molecule has 2 nitrogen and oxygen atoms in total. The minimum absolute atomic E-state index is 0.151. The van der Waals surface area contributed by atoms with Crippen LogP contribution in [0.3, 0.4) is 0 Å². The largest absolute Gasteiger partial charge is 0.308 e. The summed E-state index contributed by atoms with van der Waals surface area (Å²) in [5, 5.41) is 2.33. The molecule has 0 saturated heterocycles. The average Bonchev–Trinajstić information content (AvgIpc) is 2.61. The third-order valence-corrected chi connectivity index (χ3v) is 3.45. The van der Waals surface area contributed by atoms with Crippen molar-refractivity contribution in [2.24, 2.45) is 0 Å². The highest BCUT2D eigenvalue weighted by Gasteiger charge is 2.28. The number of aryl methyl sites for hydroxylation is 1. The fourth-order valence-corrected chi connectivity index (χ4v) is 2.64. The van der Waals surface area contributed by atoms with Gasteiger partial charge in [0.15, 0.2) is 0 Å². The van der Waals surface area contributed by atoms with Gasteiger partial charge in [0, 0.05) is 17.5 Å². The molecule has 1 amide bonds. The van der Waals surface area contributed by atoms with Crippen molar-refractivity contribution in [2.75, 3.05) is 11.4 Å². The highest BCUT2D eigenvalue weighted by atomic mass is 16.2. The third-order valence-electron chi connectivity index (χ3n) is 3.45. The standard InChI is InChI=1S/C15H15NO/c1-3-9-16-13-8-7-10(2)11-5-4-6-12(14(11)13)15(16)17/h4-8H,3,9H2,1-2H3. The molecule has 0 aliphatic carbocycles. The molecule has 0 bridgehead atoms. The number of anilines is 1. The van der Waals surface area contributed by atoms with E-state index in [1.165, 1.54) is 10.9 Å². The van der Waals surface area contributed by atoms with Crippen molar-refractivity contribution < 1.29 is 4.79 Å². The molecule has 0 aromatic heterocycles. The zero-order chi connectivity index (χ0) is 12.0. The van der Waals surface area contributed by atoms with E-state index in [-0.39, 0.29) is 5.91 Å². The predicted molar refractivity (Wildman–Crippen MR) is 70.7 cm³/mol. The smallest absolute Gasteiger partial charge is 0.258 e. The molecule has 17 heavy (non-hydrogen) atoms. The Kier molecular flexibility index (Phi) is 2.18. The van der Waals surface area contributed by atoms with E-state index < -0.39 is 0 Å². The molecule has 2 aromatic rings. The molecule has 0 unspecified atom stereocenters. The van der Waals surface area contributed by atoms with E-state index in [1.54, 1.807) is 0 Å². The Bertz CT molecular complexity index is 616. The summed E-state index contributed by atoms with van der Waals surface area (Å²) >= 11 is 0. The maximum atomic E-state index is 12.3. The topological polar surface area (TPSA) is 20.3 Å². The van der Waals surface area contributed by atoms with E-state index in [0.717, 1.165) is 29.6 Å². The van der Waals surface area contributed by atoms with Crippen LogP contribution in [0.25, 0.3) is 10.8 Å². The summed E-state index contributed by atoms with van der Waals surface area (Å²) in [6.45, 7) is 4.99. The molecule has 1 aliphatic rings. The van der Waals surface area contributed by atoms with Gasteiger partial charge in [-0.05, 0) is 36.4 Å². The van der Waals surface area contributed by atoms with Crippen LogP contribution in [-0.2, 0) is 0 Å². The van der Waals surface area contributed by atoms with Crippen molar-refractivity contribution in [3.63, 3.8) is 0 Å². The lowest BCUT2D eigenvalue weighted by Crippen LogP contribution is -2.27. The number of nitrogens with zero attached hydrogens (tertiary/aromatic N) is 1. The van der Waals surface area contributed by atoms with Crippen LogP contribution in [0.2, 0.25) is 0 Å². The number of amides is 1. The Morgan fingerprint density at radius 3 is 2.76 bits per heavy atom. The average molecular weight is 225 g/mol. The zero-order valence-corrected chi connectivity index (χ0v) is 10.2. The maximum Gasteiger partial charge on any atom is 0.258 e. The number of hydrogen-bond donors (Lipinski definition) is 0. The van der Waals surface area contributed by atoms with Gasteiger partial charge in [-0.25, -0.2) is 0 Å². The first-order chi connectivity index (χ1) is 8.24. The molecule has 86 valence electrons. The van der Waals surface area contributed by atoms with Gasteiger partial charge in [-0.1, -0.05) is 25.1 Å². The lowest BCUT2D eigenvalue weighted by molar-refractivity contribution is 0.0993. The Morgan fingerprint density at radius 1 is 1.18 bits per heavy atom. The van der Waals surface area contributed by atoms with Crippen LogP contribution in [0.5, 0.6) is 0 Å². The second kappa shape index (κ2) is 3.59. The summed E-state index contributed by atoms with van der Waals surface area (Å²) in [6, 6.07) is 10.2. The van der Waals surface area contributed by atoms with Gasteiger partial charge < -0.3 is 4.90 Å². The summed E-state index contributed by atoms with van der Waals surface area (Å²) in [5.74, 6) is 0.151. The summed E-state index contributed by atoms with van der Waals surface area (Å²) in [7, 11) is 0. The molecular formula is C15H15NO. The van der Waals surface area contributed by atoms with E-state index >= 15 is 0 Å². The number of rotatable bonds is 2. The van der Waals surface area contributed by atoms with Gasteiger partial charge in [0.05, 0.1) is 5.69 Å². The number of hydrogen-bond acceptors (Lipinski definition) is 1. The zero-order valence-electron chi connectivity index (χ0n) is 10.2. The molecule has 0 N–H and O–H groups in total. The van der Waals surface area contributed by atoms with Crippen LogP contribution in [0, 0.1) is 6.92 Å². The van der Waals surface area contributed by atoms with Gasteiger partial charge in [-0.2, -0.15) is 0 Å². The summed E-state index contributed by atoms with van der Waals surface area (Å²) in [6.07, 6.45) is 0.981. The first-order valence-electron chi connectivity index (χ1n) is 6.08. The van der Waals surface area contributed by atoms with Crippen molar-refractivity contribution in [3.05, 3.63) is 41.5 Å². The van der Waals surface area contributed by atoms with E-state index in [0.29, 0.717) is 0 Å². The molecule has 3 rings (SSSR count). The molecule has 1 heterocycles. The highest BCUT2D eigenvalue weighted by molar-refractivity contribution is 6.25. The van der Waals surface area contributed by atoms with E-state index in [4.69, 9.17) is 0 Å². The highest BCUT2D eigenvalue weighted by Crippen LogP contribution is 2.38. The van der Waals surface area contributed by atoms with Crippen LogP contribution in [0.4, 0.5) is 5.69 Å². The molecular weight excluding hydrogens is 210 g/mol. The van der Waals surface area contributed by atoms with Gasteiger partial charge in [0.2, 0.25) is 0 Å². The molecule has 0 radical (unpaired) electrons. The first kappa shape index (κ1) is 10.3. The van der Waals surface area contributed by atoms with E-state index in [2.05, 4.69) is 32.0 Å². The van der Waals surface area contributed by atoms with Gasteiger partial charge in [-0.3, -0.25) is 4.79 Å². The van der Waals surface area contributed by atoms with E-state index in [9.17, 15) is 4.79 Å². The minimum Gasteiger partial charge on any atom is -0.308 e. The van der Waals surface area contributed by atoms with Crippen LogP contribution in [0.15, 0.2) is 30.3 Å². The number of benzene rings is 2. The van der Waals surface area contributed by atoms with Crippen LogP contribution < -0.4 is 4.90 Å². The van der Waals surface area contributed by atoms with Gasteiger partial charge in [0.1, 0.15) is 0 Å². The van der Waals surface area contributed by atoms with Gasteiger partial charge in [-0.15, -0.1) is 0 Å². The first-order valence-corrected chi connectivity index (χ1v) is 6.08. The Morgan fingerprint density at radius 2 is 2.00 bits per heavy atom. The molecule has 0 saturated carbocycles. The Hall–Kier alpha value is -1.83. The maximum absolute atomic E-state index is 12.3. The minimum atomic E-state index is 0.151. The second-order valence-electron chi connectivity index (χ2n) is 4.59. The van der Waals surface area contributed by atoms with Crippen LogP contribution in [0.1, 0.15) is 29.3 Å². The Labute approximate surface area is 101 Å². The molecule has 1 aliphatic heterocycles. The third kappa shape index (κ3) is 1.30. The van der Waals surface area contributed by atoms with Crippen LogP contribution >= 0.6 is 0 Å². The second-order valence-corrected chi connectivity index (χ2v) is 4.59. The van der Waals surface area contributed by atoms with Crippen LogP contribution in [-0.4, -0.2) is 12.5 Å².